The first-order valence-electron chi connectivity index (χ1n) is 7.98. The summed E-state index contributed by atoms with van der Waals surface area (Å²) in [4.78, 5) is 23.4. The van der Waals surface area contributed by atoms with Crippen molar-refractivity contribution in [2.45, 2.75) is 33.2 Å². The molecule has 0 spiro atoms. The zero-order chi connectivity index (χ0) is 17.7. The summed E-state index contributed by atoms with van der Waals surface area (Å²) in [5.41, 5.74) is 2.92. The highest BCUT2D eigenvalue weighted by atomic mass is 32.1. The van der Waals surface area contributed by atoms with Gasteiger partial charge < -0.3 is 14.5 Å². The van der Waals surface area contributed by atoms with E-state index in [9.17, 15) is 0 Å². The van der Waals surface area contributed by atoms with Crippen LogP contribution in [0.1, 0.15) is 36.2 Å². The Morgan fingerprint density at radius 3 is 2.42 bits per heavy atom. The van der Waals surface area contributed by atoms with Crippen LogP contribution in [0.2, 0.25) is 0 Å². The molecule has 0 N–H and O–H groups in total. The smallest absolute Gasteiger partial charge is 0.230 e. The molecule has 0 amide bonds. The highest BCUT2D eigenvalue weighted by Gasteiger charge is 2.18. The third-order valence-corrected chi connectivity index (χ3v) is 4.49. The van der Waals surface area contributed by atoms with E-state index in [0.29, 0.717) is 31.6 Å². The van der Waals surface area contributed by atoms with E-state index < -0.39 is 0 Å². The van der Waals surface area contributed by atoms with Crippen molar-refractivity contribution in [1.82, 2.24) is 19.9 Å². The van der Waals surface area contributed by atoms with Crippen LogP contribution in [0, 0.1) is 6.92 Å². The predicted octanol–water partition coefficient (Wildman–Crippen LogP) is 2.48. The number of methoxy groups -OCH3 is 1. The number of rotatable bonds is 8. The molecule has 0 saturated carbocycles. The molecule has 2 heterocycles. The van der Waals surface area contributed by atoms with Crippen LogP contribution in [0.5, 0.6) is 0 Å². The summed E-state index contributed by atoms with van der Waals surface area (Å²) < 4.78 is 5.26. The van der Waals surface area contributed by atoms with Gasteiger partial charge in [0.1, 0.15) is 5.82 Å². The lowest BCUT2D eigenvalue weighted by atomic mass is 10.2. The number of thiazole rings is 1. The zero-order valence-electron chi connectivity index (χ0n) is 15.3. The lowest BCUT2D eigenvalue weighted by Crippen LogP contribution is -2.30. The molecule has 2 rings (SSSR count). The second-order valence-corrected chi connectivity index (χ2v) is 7.06. The minimum absolute atomic E-state index is 0.236. The molecule has 7 nitrogen and oxygen atoms in total. The summed E-state index contributed by atoms with van der Waals surface area (Å²) in [6.45, 7) is 8.24. The number of hydrogen-bond acceptors (Lipinski definition) is 8. The molecule has 0 atom stereocenters. The van der Waals surface area contributed by atoms with Crippen molar-refractivity contribution in [2.24, 2.45) is 0 Å². The standard InChI is InChI=1S/C16H26N6OS/c1-11(2)14-18-15(21(4)5)20-16(19-14)22(7-8-23-6)9-13-12(3)17-10-24-13/h10-11H,7-9H2,1-6H3. The van der Waals surface area contributed by atoms with E-state index >= 15 is 0 Å². The maximum atomic E-state index is 5.26. The lowest BCUT2D eigenvalue weighted by molar-refractivity contribution is 0.204. The van der Waals surface area contributed by atoms with Crippen molar-refractivity contribution in [3.63, 3.8) is 0 Å². The van der Waals surface area contributed by atoms with Crippen molar-refractivity contribution in [2.75, 3.05) is 44.2 Å². The minimum Gasteiger partial charge on any atom is -0.383 e. The first kappa shape index (κ1) is 18.5. The molecule has 0 saturated heterocycles. The Morgan fingerprint density at radius 1 is 1.17 bits per heavy atom. The van der Waals surface area contributed by atoms with E-state index in [-0.39, 0.29) is 5.92 Å². The van der Waals surface area contributed by atoms with Crippen LogP contribution in [0.25, 0.3) is 0 Å². The topological polar surface area (TPSA) is 67.3 Å². The van der Waals surface area contributed by atoms with E-state index in [4.69, 9.17) is 4.74 Å². The van der Waals surface area contributed by atoms with Crippen LogP contribution in [-0.2, 0) is 11.3 Å². The van der Waals surface area contributed by atoms with Gasteiger partial charge in [-0.1, -0.05) is 13.8 Å². The van der Waals surface area contributed by atoms with Gasteiger partial charge in [0.25, 0.3) is 0 Å². The van der Waals surface area contributed by atoms with E-state index in [1.165, 1.54) is 4.88 Å². The second-order valence-electron chi connectivity index (χ2n) is 6.12. The quantitative estimate of drug-likeness (QED) is 0.724. The van der Waals surface area contributed by atoms with Gasteiger partial charge in [0, 0.05) is 38.5 Å². The summed E-state index contributed by atoms with van der Waals surface area (Å²) in [6.07, 6.45) is 0. The first-order chi connectivity index (χ1) is 11.4. The summed E-state index contributed by atoms with van der Waals surface area (Å²) in [5.74, 6) is 2.39. The van der Waals surface area contributed by atoms with Crippen molar-refractivity contribution < 1.29 is 4.74 Å². The van der Waals surface area contributed by atoms with Gasteiger partial charge in [0.05, 0.1) is 24.4 Å². The zero-order valence-corrected chi connectivity index (χ0v) is 16.1. The van der Waals surface area contributed by atoms with Crippen molar-refractivity contribution in [3.05, 3.63) is 21.9 Å². The van der Waals surface area contributed by atoms with E-state index in [1.54, 1.807) is 18.4 Å². The average molecular weight is 350 g/mol. The van der Waals surface area contributed by atoms with Gasteiger partial charge in [-0.3, -0.25) is 0 Å². The maximum absolute atomic E-state index is 5.26. The van der Waals surface area contributed by atoms with Crippen LogP contribution in [0.15, 0.2) is 5.51 Å². The Morgan fingerprint density at radius 2 is 1.88 bits per heavy atom. The largest absolute Gasteiger partial charge is 0.383 e. The van der Waals surface area contributed by atoms with Crippen LogP contribution >= 0.6 is 11.3 Å². The maximum Gasteiger partial charge on any atom is 0.230 e. The molecule has 0 aliphatic heterocycles. The highest BCUT2D eigenvalue weighted by molar-refractivity contribution is 7.09. The van der Waals surface area contributed by atoms with Crippen LogP contribution in [-0.4, -0.2) is 54.3 Å². The molecule has 0 aromatic carbocycles. The number of ether oxygens (including phenoxy) is 1. The van der Waals surface area contributed by atoms with Gasteiger partial charge in [-0.05, 0) is 6.92 Å². The molecule has 0 fully saturated rings. The van der Waals surface area contributed by atoms with Crippen molar-refractivity contribution >= 4 is 23.2 Å². The molecule has 24 heavy (non-hydrogen) atoms. The molecule has 2 aromatic heterocycles. The van der Waals surface area contributed by atoms with Crippen molar-refractivity contribution in [1.29, 1.82) is 0 Å². The van der Waals surface area contributed by atoms with Gasteiger partial charge in [-0.15, -0.1) is 11.3 Å². The molecule has 8 heteroatoms. The van der Waals surface area contributed by atoms with Gasteiger partial charge >= 0.3 is 0 Å². The minimum atomic E-state index is 0.236. The average Bonchev–Trinajstić information content (AvgIpc) is 2.95. The molecular weight excluding hydrogens is 324 g/mol. The van der Waals surface area contributed by atoms with Gasteiger partial charge in [0.15, 0.2) is 0 Å². The van der Waals surface area contributed by atoms with Crippen LogP contribution in [0.4, 0.5) is 11.9 Å². The van der Waals surface area contributed by atoms with E-state index in [2.05, 4.69) is 38.7 Å². The van der Waals surface area contributed by atoms with Crippen LogP contribution in [0.3, 0.4) is 0 Å². The normalized spacial score (nSPS) is 11.1. The van der Waals surface area contributed by atoms with Crippen LogP contribution < -0.4 is 9.80 Å². The number of nitrogens with zero attached hydrogens (tertiary/aromatic N) is 6. The molecule has 132 valence electrons. The number of aromatic nitrogens is 4. The molecule has 0 unspecified atom stereocenters. The fraction of sp³-hybridized carbons (Fsp3) is 0.625. The number of hydrogen-bond donors (Lipinski definition) is 0. The Hall–Kier alpha value is -1.80. The van der Waals surface area contributed by atoms with Crippen molar-refractivity contribution in [3.8, 4) is 0 Å². The third kappa shape index (κ3) is 4.61. The van der Waals surface area contributed by atoms with Gasteiger partial charge in [-0.25, -0.2) is 4.98 Å². The molecular formula is C16H26N6OS. The molecule has 0 bridgehead atoms. The number of aryl methyl sites for hydroxylation is 1. The Balaban J connectivity index is 2.38. The molecule has 0 radical (unpaired) electrons. The second kappa shape index (κ2) is 8.34. The predicted molar refractivity (Wildman–Crippen MR) is 98.0 cm³/mol. The van der Waals surface area contributed by atoms with E-state index in [1.807, 2.05) is 31.4 Å². The SMILES string of the molecule is COCCN(Cc1scnc1C)c1nc(C(C)C)nc(N(C)C)n1. The monoisotopic (exact) mass is 350 g/mol. The Labute approximate surface area is 147 Å². The summed E-state index contributed by atoms with van der Waals surface area (Å²) in [6, 6.07) is 0. The fourth-order valence-electron chi connectivity index (χ4n) is 2.07. The first-order valence-corrected chi connectivity index (χ1v) is 8.86. The molecule has 0 aliphatic rings. The lowest BCUT2D eigenvalue weighted by Gasteiger charge is -2.24. The molecule has 0 aliphatic carbocycles. The Kier molecular flexibility index (Phi) is 6.44. The number of anilines is 2. The Bertz CT molecular complexity index is 632. The van der Waals surface area contributed by atoms with E-state index in [0.717, 1.165) is 11.5 Å². The summed E-state index contributed by atoms with van der Waals surface area (Å²) in [7, 11) is 5.58. The molecule has 2 aromatic rings. The van der Waals surface area contributed by atoms with Gasteiger partial charge in [-0.2, -0.15) is 15.0 Å². The third-order valence-electron chi connectivity index (χ3n) is 3.57. The van der Waals surface area contributed by atoms with Gasteiger partial charge in [0.2, 0.25) is 11.9 Å². The highest BCUT2D eigenvalue weighted by Crippen LogP contribution is 2.21. The fourth-order valence-corrected chi connectivity index (χ4v) is 2.86. The summed E-state index contributed by atoms with van der Waals surface area (Å²) >= 11 is 1.65. The summed E-state index contributed by atoms with van der Waals surface area (Å²) in [5, 5.41) is 0.